The van der Waals surface area contributed by atoms with Crippen LogP contribution in [0.1, 0.15) is 12.0 Å². The molecule has 0 saturated heterocycles. The van der Waals surface area contributed by atoms with E-state index in [1.54, 1.807) is 0 Å². The van der Waals surface area contributed by atoms with Crippen molar-refractivity contribution < 1.29 is 0 Å². The first kappa shape index (κ1) is 8.88. The molecule has 0 saturated carbocycles. The largest absolute Gasteiger partial charge is 0.398 e. The van der Waals surface area contributed by atoms with Gasteiger partial charge in [-0.1, -0.05) is 0 Å². The van der Waals surface area contributed by atoms with Gasteiger partial charge >= 0.3 is 0 Å². The quantitative estimate of drug-likeness (QED) is 0.707. The highest BCUT2D eigenvalue weighted by molar-refractivity contribution is 9.10. The summed E-state index contributed by atoms with van der Waals surface area (Å²) < 4.78 is 1.00. The minimum absolute atomic E-state index is 0.842. The summed E-state index contributed by atoms with van der Waals surface area (Å²) in [5.74, 6) is 0. The highest BCUT2D eigenvalue weighted by atomic mass is 79.9. The second kappa shape index (κ2) is 3.22. The number of aryl methyl sites for hydroxylation is 1. The minimum Gasteiger partial charge on any atom is -0.398 e. The number of hydrogen-bond acceptors (Lipinski definition) is 2. The second-order valence-electron chi connectivity index (χ2n) is 3.53. The number of anilines is 2. The Morgan fingerprint density at radius 2 is 2.23 bits per heavy atom. The zero-order chi connectivity index (χ0) is 9.42. The van der Waals surface area contributed by atoms with E-state index < -0.39 is 0 Å². The van der Waals surface area contributed by atoms with Crippen molar-refractivity contribution in [3.8, 4) is 0 Å². The zero-order valence-corrected chi connectivity index (χ0v) is 9.26. The van der Waals surface area contributed by atoms with Gasteiger partial charge in [0.15, 0.2) is 0 Å². The molecule has 0 aromatic heterocycles. The van der Waals surface area contributed by atoms with Gasteiger partial charge in [-0.25, -0.2) is 0 Å². The van der Waals surface area contributed by atoms with Crippen molar-refractivity contribution in [1.82, 2.24) is 0 Å². The lowest BCUT2D eigenvalue weighted by molar-refractivity contribution is 0.744. The number of fused-ring (bicyclic) bond motifs is 1. The summed E-state index contributed by atoms with van der Waals surface area (Å²) in [6.07, 6.45) is 2.38. The van der Waals surface area contributed by atoms with Crippen LogP contribution in [0.3, 0.4) is 0 Å². The lowest BCUT2D eigenvalue weighted by atomic mass is 10.0. The van der Waals surface area contributed by atoms with Crippen molar-refractivity contribution in [2.75, 3.05) is 24.2 Å². The molecule has 0 atom stereocenters. The van der Waals surface area contributed by atoms with E-state index in [-0.39, 0.29) is 0 Å². The van der Waals surface area contributed by atoms with Crippen LogP contribution < -0.4 is 10.6 Å². The van der Waals surface area contributed by atoms with Crippen LogP contribution in [-0.2, 0) is 6.42 Å². The van der Waals surface area contributed by atoms with E-state index in [2.05, 4.69) is 40.0 Å². The third-order valence-electron chi connectivity index (χ3n) is 2.55. The summed E-state index contributed by atoms with van der Waals surface area (Å²) in [7, 11) is 2.13. The third-order valence-corrected chi connectivity index (χ3v) is 3.24. The highest BCUT2D eigenvalue weighted by Gasteiger charge is 2.14. The van der Waals surface area contributed by atoms with E-state index >= 15 is 0 Å². The first-order valence-electron chi connectivity index (χ1n) is 4.47. The van der Waals surface area contributed by atoms with Gasteiger partial charge in [-0.2, -0.15) is 0 Å². The number of halogens is 1. The highest BCUT2D eigenvalue weighted by Crippen LogP contribution is 2.32. The standard InChI is InChI=1S/C10H13BrN2/c1-13-4-2-3-7-5-9(12)8(11)6-10(7)13/h5-6H,2-4,12H2,1H3. The molecule has 1 aliphatic rings. The Labute approximate surface area is 86.9 Å². The Hall–Kier alpha value is -0.700. The molecule has 13 heavy (non-hydrogen) atoms. The average Bonchev–Trinajstić information content (AvgIpc) is 2.09. The normalized spacial score (nSPS) is 15.7. The Kier molecular flexibility index (Phi) is 2.20. The van der Waals surface area contributed by atoms with Crippen LogP contribution in [0, 0.1) is 0 Å². The Bertz CT molecular complexity index is 336. The van der Waals surface area contributed by atoms with Gasteiger partial charge < -0.3 is 10.6 Å². The van der Waals surface area contributed by atoms with E-state index in [0.29, 0.717) is 0 Å². The summed E-state index contributed by atoms with van der Waals surface area (Å²) >= 11 is 3.45. The van der Waals surface area contributed by atoms with Crippen LogP contribution in [0.4, 0.5) is 11.4 Å². The van der Waals surface area contributed by atoms with Crippen molar-refractivity contribution in [3.05, 3.63) is 22.2 Å². The summed E-state index contributed by atoms with van der Waals surface area (Å²) in [5.41, 5.74) is 9.35. The van der Waals surface area contributed by atoms with E-state index in [4.69, 9.17) is 5.73 Å². The fraction of sp³-hybridized carbons (Fsp3) is 0.400. The van der Waals surface area contributed by atoms with Crippen LogP contribution in [0.25, 0.3) is 0 Å². The lowest BCUT2D eigenvalue weighted by Gasteiger charge is -2.28. The number of hydrogen-bond donors (Lipinski definition) is 1. The van der Waals surface area contributed by atoms with Gasteiger partial charge in [0.1, 0.15) is 0 Å². The molecular formula is C10H13BrN2. The van der Waals surface area contributed by atoms with E-state index in [0.717, 1.165) is 23.1 Å². The second-order valence-corrected chi connectivity index (χ2v) is 4.38. The predicted octanol–water partition coefficient (Wildman–Crippen LogP) is 2.41. The van der Waals surface area contributed by atoms with Gasteiger partial charge in [-0.15, -0.1) is 0 Å². The van der Waals surface area contributed by atoms with E-state index in [9.17, 15) is 0 Å². The molecule has 3 heteroatoms. The van der Waals surface area contributed by atoms with Crippen molar-refractivity contribution in [3.63, 3.8) is 0 Å². The fourth-order valence-corrected chi connectivity index (χ4v) is 2.14. The van der Waals surface area contributed by atoms with Crippen LogP contribution >= 0.6 is 15.9 Å². The van der Waals surface area contributed by atoms with Crippen LogP contribution in [0.5, 0.6) is 0 Å². The predicted molar refractivity (Wildman–Crippen MR) is 60.1 cm³/mol. The molecule has 1 aromatic rings. The van der Waals surface area contributed by atoms with Gasteiger partial charge in [0.2, 0.25) is 0 Å². The van der Waals surface area contributed by atoms with Crippen LogP contribution in [0.2, 0.25) is 0 Å². The summed E-state index contributed by atoms with van der Waals surface area (Å²) in [6, 6.07) is 4.19. The van der Waals surface area contributed by atoms with Crippen molar-refractivity contribution in [1.29, 1.82) is 0 Å². The first-order chi connectivity index (χ1) is 6.18. The van der Waals surface area contributed by atoms with E-state index in [1.165, 1.54) is 17.7 Å². The summed E-state index contributed by atoms with van der Waals surface area (Å²) in [4.78, 5) is 2.28. The Morgan fingerprint density at radius 1 is 1.46 bits per heavy atom. The van der Waals surface area contributed by atoms with Gasteiger partial charge in [-0.05, 0) is 46.5 Å². The molecule has 2 N–H and O–H groups in total. The number of nitrogens with zero attached hydrogens (tertiary/aromatic N) is 1. The maximum atomic E-state index is 5.82. The van der Waals surface area contributed by atoms with Crippen LogP contribution in [-0.4, -0.2) is 13.6 Å². The monoisotopic (exact) mass is 240 g/mol. The van der Waals surface area contributed by atoms with Crippen molar-refractivity contribution >= 4 is 27.3 Å². The molecule has 2 nitrogen and oxygen atoms in total. The van der Waals surface area contributed by atoms with Crippen LogP contribution in [0.15, 0.2) is 16.6 Å². The number of rotatable bonds is 0. The SMILES string of the molecule is CN1CCCc2cc(N)c(Br)cc21. The average molecular weight is 241 g/mol. The smallest absolute Gasteiger partial charge is 0.0462 e. The fourth-order valence-electron chi connectivity index (χ4n) is 1.81. The summed E-state index contributed by atoms with van der Waals surface area (Å²) in [6.45, 7) is 1.14. The molecular weight excluding hydrogens is 228 g/mol. The molecule has 0 aliphatic carbocycles. The molecule has 0 bridgehead atoms. The molecule has 0 fully saturated rings. The molecule has 1 aliphatic heterocycles. The van der Waals surface area contributed by atoms with Crippen molar-refractivity contribution in [2.24, 2.45) is 0 Å². The molecule has 0 amide bonds. The molecule has 0 unspecified atom stereocenters. The molecule has 1 heterocycles. The minimum atomic E-state index is 0.842. The Morgan fingerprint density at radius 3 is 3.00 bits per heavy atom. The van der Waals surface area contributed by atoms with Crippen molar-refractivity contribution in [2.45, 2.75) is 12.8 Å². The van der Waals surface area contributed by atoms with Gasteiger partial charge in [0.05, 0.1) is 0 Å². The van der Waals surface area contributed by atoms with E-state index in [1.807, 2.05) is 0 Å². The topological polar surface area (TPSA) is 29.3 Å². The Balaban J connectivity index is 2.52. The number of nitrogens with two attached hydrogens (primary N) is 1. The van der Waals surface area contributed by atoms with Gasteiger partial charge in [0.25, 0.3) is 0 Å². The molecule has 1 aromatic carbocycles. The summed E-state index contributed by atoms with van der Waals surface area (Å²) in [5, 5.41) is 0. The molecule has 0 radical (unpaired) electrons. The number of benzene rings is 1. The number of nitrogen functional groups attached to an aromatic ring is 1. The molecule has 0 spiro atoms. The molecule has 70 valence electrons. The molecule has 2 rings (SSSR count). The maximum absolute atomic E-state index is 5.82. The maximum Gasteiger partial charge on any atom is 0.0462 e. The van der Waals surface area contributed by atoms with Gasteiger partial charge in [0, 0.05) is 29.4 Å². The zero-order valence-electron chi connectivity index (χ0n) is 7.68. The van der Waals surface area contributed by atoms with Gasteiger partial charge in [-0.3, -0.25) is 0 Å². The third kappa shape index (κ3) is 1.53. The lowest BCUT2D eigenvalue weighted by Crippen LogP contribution is -2.24. The first-order valence-corrected chi connectivity index (χ1v) is 5.27.